The van der Waals surface area contributed by atoms with Crippen molar-refractivity contribution in [2.24, 2.45) is 12.8 Å². The second-order valence-electron chi connectivity index (χ2n) is 3.66. The summed E-state index contributed by atoms with van der Waals surface area (Å²) in [6.45, 7) is 3.02. The van der Waals surface area contributed by atoms with E-state index in [0.717, 1.165) is 17.0 Å². The van der Waals surface area contributed by atoms with Gasteiger partial charge < -0.3 is 5.73 Å². The highest BCUT2D eigenvalue weighted by Gasteiger charge is 2.12. The molecule has 5 nitrogen and oxygen atoms in total. The molecule has 2 rings (SSSR count). The molecule has 0 amide bonds. The molecule has 2 aromatic heterocycles. The molecular formula is C10H14ClN5. The van der Waals surface area contributed by atoms with Crippen LogP contribution in [-0.4, -0.2) is 19.6 Å². The van der Waals surface area contributed by atoms with Crippen LogP contribution in [0.15, 0.2) is 12.3 Å². The van der Waals surface area contributed by atoms with Crippen molar-refractivity contribution in [1.82, 2.24) is 19.6 Å². The Morgan fingerprint density at radius 3 is 2.81 bits per heavy atom. The first-order valence-corrected chi connectivity index (χ1v) is 5.40. The molecule has 2 heterocycles. The van der Waals surface area contributed by atoms with Crippen LogP contribution in [0.4, 0.5) is 0 Å². The van der Waals surface area contributed by atoms with E-state index in [-0.39, 0.29) is 0 Å². The highest BCUT2D eigenvalue weighted by Crippen LogP contribution is 2.19. The predicted molar refractivity (Wildman–Crippen MR) is 62.2 cm³/mol. The van der Waals surface area contributed by atoms with E-state index in [4.69, 9.17) is 17.3 Å². The van der Waals surface area contributed by atoms with Crippen LogP contribution in [0.25, 0.3) is 0 Å². The Morgan fingerprint density at radius 1 is 1.50 bits per heavy atom. The molecule has 16 heavy (non-hydrogen) atoms. The van der Waals surface area contributed by atoms with E-state index >= 15 is 0 Å². The molecule has 0 aliphatic rings. The highest BCUT2D eigenvalue weighted by molar-refractivity contribution is 6.30. The summed E-state index contributed by atoms with van der Waals surface area (Å²) in [7, 11) is 1.83. The maximum atomic E-state index is 6.15. The van der Waals surface area contributed by atoms with Crippen LogP contribution in [0.2, 0.25) is 5.15 Å². The summed E-state index contributed by atoms with van der Waals surface area (Å²) in [5.74, 6) is 0. The number of hydrogen-bond donors (Lipinski definition) is 1. The SMILES string of the molecule is Cc1nn(C)c(Cl)c1Cn1nccc1CN. The minimum Gasteiger partial charge on any atom is -0.325 e. The second-order valence-corrected chi connectivity index (χ2v) is 4.02. The maximum absolute atomic E-state index is 6.15. The number of nitrogens with two attached hydrogens (primary N) is 1. The monoisotopic (exact) mass is 239 g/mol. The van der Waals surface area contributed by atoms with E-state index in [1.807, 2.05) is 24.7 Å². The van der Waals surface area contributed by atoms with Gasteiger partial charge in [0.1, 0.15) is 5.15 Å². The van der Waals surface area contributed by atoms with E-state index in [2.05, 4.69) is 10.2 Å². The number of rotatable bonds is 3. The van der Waals surface area contributed by atoms with Gasteiger partial charge in [-0.05, 0) is 13.0 Å². The lowest BCUT2D eigenvalue weighted by Crippen LogP contribution is -2.10. The lowest BCUT2D eigenvalue weighted by Gasteiger charge is -2.05. The van der Waals surface area contributed by atoms with Crippen molar-refractivity contribution in [2.75, 3.05) is 0 Å². The number of halogens is 1. The van der Waals surface area contributed by atoms with Gasteiger partial charge in [-0.15, -0.1) is 0 Å². The molecular weight excluding hydrogens is 226 g/mol. The first-order valence-electron chi connectivity index (χ1n) is 5.02. The van der Waals surface area contributed by atoms with Crippen LogP contribution in [-0.2, 0) is 20.1 Å². The third-order valence-electron chi connectivity index (χ3n) is 2.59. The third-order valence-corrected chi connectivity index (χ3v) is 3.06. The van der Waals surface area contributed by atoms with Crippen molar-refractivity contribution in [3.63, 3.8) is 0 Å². The van der Waals surface area contributed by atoms with Crippen molar-refractivity contribution in [3.8, 4) is 0 Å². The molecule has 0 saturated carbocycles. The maximum Gasteiger partial charge on any atom is 0.132 e. The average Bonchev–Trinajstić information content (AvgIpc) is 2.79. The molecule has 0 aliphatic carbocycles. The molecule has 0 aromatic carbocycles. The Kier molecular flexibility index (Phi) is 2.98. The van der Waals surface area contributed by atoms with Crippen molar-refractivity contribution in [3.05, 3.63) is 34.4 Å². The minimum atomic E-state index is 0.469. The quantitative estimate of drug-likeness (QED) is 0.872. The number of aryl methyl sites for hydroxylation is 2. The van der Waals surface area contributed by atoms with Gasteiger partial charge >= 0.3 is 0 Å². The van der Waals surface area contributed by atoms with Gasteiger partial charge in [-0.2, -0.15) is 10.2 Å². The largest absolute Gasteiger partial charge is 0.325 e. The Balaban J connectivity index is 2.34. The summed E-state index contributed by atoms with van der Waals surface area (Å²) in [4.78, 5) is 0. The van der Waals surface area contributed by atoms with Crippen LogP contribution in [0.3, 0.4) is 0 Å². The van der Waals surface area contributed by atoms with E-state index in [0.29, 0.717) is 18.2 Å². The summed E-state index contributed by atoms with van der Waals surface area (Å²) in [6.07, 6.45) is 1.74. The summed E-state index contributed by atoms with van der Waals surface area (Å²) < 4.78 is 3.51. The van der Waals surface area contributed by atoms with E-state index in [9.17, 15) is 0 Å². The highest BCUT2D eigenvalue weighted by atomic mass is 35.5. The minimum absolute atomic E-state index is 0.469. The van der Waals surface area contributed by atoms with E-state index in [1.54, 1.807) is 10.9 Å². The van der Waals surface area contributed by atoms with Gasteiger partial charge in [-0.3, -0.25) is 9.36 Å². The van der Waals surface area contributed by atoms with Gasteiger partial charge in [0.25, 0.3) is 0 Å². The lowest BCUT2D eigenvalue weighted by molar-refractivity contribution is 0.643. The summed E-state index contributed by atoms with van der Waals surface area (Å²) in [5, 5.41) is 9.12. The van der Waals surface area contributed by atoms with Crippen LogP contribution in [0.1, 0.15) is 17.0 Å². The molecule has 0 atom stereocenters. The second kappa shape index (κ2) is 4.27. The zero-order chi connectivity index (χ0) is 11.7. The molecule has 6 heteroatoms. The van der Waals surface area contributed by atoms with Crippen molar-refractivity contribution in [1.29, 1.82) is 0 Å². The third kappa shape index (κ3) is 1.83. The van der Waals surface area contributed by atoms with Gasteiger partial charge in [0.2, 0.25) is 0 Å². The number of hydrogen-bond acceptors (Lipinski definition) is 3. The first-order chi connectivity index (χ1) is 7.63. The Bertz CT molecular complexity index is 499. The van der Waals surface area contributed by atoms with E-state index < -0.39 is 0 Å². The molecule has 0 fully saturated rings. The molecule has 2 N–H and O–H groups in total. The molecule has 0 radical (unpaired) electrons. The molecule has 0 bridgehead atoms. The molecule has 86 valence electrons. The first kappa shape index (κ1) is 11.2. The normalized spacial score (nSPS) is 11.0. The van der Waals surface area contributed by atoms with Crippen molar-refractivity contribution in [2.45, 2.75) is 20.0 Å². The predicted octanol–water partition coefficient (Wildman–Crippen LogP) is 1.09. The zero-order valence-electron chi connectivity index (χ0n) is 9.31. The lowest BCUT2D eigenvalue weighted by atomic mass is 10.2. The fraction of sp³-hybridized carbons (Fsp3) is 0.400. The van der Waals surface area contributed by atoms with Crippen LogP contribution in [0.5, 0.6) is 0 Å². The van der Waals surface area contributed by atoms with Crippen molar-refractivity contribution < 1.29 is 0 Å². The molecule has 0 aliphatic heterocycles. The standard InChI is InChI=1S/C10H14ClN5/c1-7-9(10(11)15(2)14-7)6-16-8(5-12)3-4-13-16/h3-4H,5-6,12H2,1-2H3. The van der Waals surface area contributed by atoms with Gasteiger partial charge in [0.05, 0.1) is 17.9 Å². The Labute approximate surface area is 98.8 Å². The van der Waals surface area contributed by atoms with Crippen LogP contribution in [0, 0.1) is 6.92 Å². The topological polar surface area (TPSA) is 61.7 Å². The molecule has 0 saturated heterocycles. The smallest absolute Gasteiger partial charge is 0.132 e. The Hall–Kier alpha value is -1.33. The van der Waals surface area contributed by atoms with Gasteiger partial charge in [-0.25, -0.2) is 0 Å². The van der Waals surface area contributed by atoms with E-state index in [1.165, 1.54) is 0 Å². The average molecular weight is 240 g/mol. The van der Waals surface area contributed by atoms with Gasteiger partial charge in [0.15, 0.2) is 0 Å². The van der Waals surface area contributed by atoms with Crippen LogP contribution >= 0.6 is 11.6 Å². The van der Waals surface area contributed by atoms with Gasteiger partial charge in [-0.1, -0.05) is 11.6 Å². The molecule has 0 unspecified atom stereocenters. The Morgan fingerprint density at radius 2 is 2.25 bits per heavy atom. The molecule has 2 aromatic rings. The van der Waals surface area contributed by atoms with Crippen molar-refractivity contribution >= 4 is 11.6 Å². The fourth-order valence-electron chi connectivity index (χ4n) is 1.68. The zero-order valence-corrected chi connectivity index (χ0v) is 10.1. The summed E-state index contributed by atoms with van der Waals surface area (Å²) >= 11 is 6.15. The fourth-order valence-corrected chi connectivity index (χ4v) is 1.91. The van der Waals surface area contributed by atoms with Crippen LogP contribution < -0.4 is 5.73 Å². The number of nitrogens with zero attached hydrogens (tertiary/aromatic N) is 4. The van der Waals surface area contributed by atoms with Gasteiger partial charge in [0, 0.05) is 25.4 Å². The molecule has 0 spiro atoms. The number of aromatic nitrogens is 4. The summed E-state index contributed by atoms with van der Waals surface area (Å²) in [5.41, 5.74) is 8.51. The summed E-state index contributed by atoms with van der Waals surface area (Å²) in [6, 6.07) is 1.90.